The first kappa shape index (κ1) is 16.7. The quantitative estimate of drug-likeness (QED) is 0.801. The van der Waals surface area contributed by atoms with Gasteiger partial charge >= 0.3 is 0 Å². The maximum atomic E-state index is 12.4. The van der Waals surface area contributed by atoms with Gasteiger partial charge in [-0.05, 0) is 51.0 Å². The Balaban J connectivity index is 2.15. The number of carboxylic acid groups (broad SMARTS) is 1. The van der Waals surface area contributed by atoms with Crippen LogP contribution in [-0.2, 0) is 9.59 Å². The van der Waals surface area contributed by atoms with E-state index < -0.39 is 23.7 Å². The molecule has 1 aromatic carbocycles. The highest BCUT2D eigenvalue weighted by Gasteiger charge is 2.33. The Bertz CT molecular complexity index is 676. The summed E-state index contributed by atoms with van der Waals surface area (Å²) in [5, 5.41) is 14.0. The van der Waals surface area contributed by atoms with Crippen LogP contribution in [0.1, 0.15) is 37.0 Å². The van der Waals surface area contributed by atoms with Gasteiger partial charge in [-0.15, -0.1) is 0 Å². The smallest absolute Gasteiger partial charge is 0.248 e. The number of nitrogens with one attached hydrogen (secondary N) is 1. The largest absolute Gasteiger partial charge is 0.550 e. The number of hydrogen-bond acceptors (Lipinski definition) is 4. The monoisotopic (exact) mass is 315 g/mol. The molecule has 0 unspecified atom stereocenters. The minimum absolute atomic E-state index is 0.326. The minimum Gasteiger partial charge on any atom is -0.550 e. The summed E-state index contributed by atoms with van der Waals surface area (Å²) in [6.07, 6.45) is 0.725. The molecule has 3 N–H and O–H groups in total. The molecule has 2 rings (SSSR count). The second-order valence-electron chi connectivity index (χ2n) is 5.93. The third kappa shape index (κ3) is 3.77. The van der Waals surface area contributed by atoms with Gasteiger partial charge in [0.25, 0.3) is 0 Å². The van der Waals surface area contributed by atoms with E-state index in [0.717, 1.165) is 11.1 Å². The van der Waals surface area contributed by atoms with E-state index in [2.05, 4.69) is 5.32 Å². The van der Waals surface area contributed by atoms with Gasteiger partial charge in [-0.25, -0.2) is 0 Å². The zero-order chi connectivity index (χ0) is 17.1. The van der Waals surface area contributed by atoms with Gasteiger partial charge in [0.2, 0.25) is 11.8 Å². The Morgan fingerprint density at radius 1 is 1.04 bits per heavy atom. The van der Waals surface area contributed by atoms with E-state index in [1.54, 1.807) is 12.1 Å². The lowest BCUT2D eigenvalue weighted by molar-refractivity contribution is -0.313. The first-order valence-corrected chi connectivity index (χ1v) is 7.36. The zero-order valence-corrected chi connectivity index (χ0v) is 13.1. The van der Waals surface area contributed by atoms with E-state index in [1.807, 2.05) is 13.8 Å². The lowest BCUT2D eigenvalue weighted by atomic mass is 9.76. The third-order valence-corrected chi connectivity index (χ3v) is 4.34. The predicted molar refractivity (Wildman–Crippen MR) is 83.2 cm³/mol. The lowest BCUT2D eigenvalue weighted by Gasteiger charge is -2.32. The minimum atomic E-state index is -1.21. The second-order valence-corrected chi connectivity index (χ2v) is 5.93. The molecule has 0 fully saturated rings. The van der Waals surface area contributed by atoms with Crippen molar-refractivity contribution < 1.29 is 19.5 Å². The molecule has 2 amide bonds. The maximum absolute atomic E-state index is 12.4. The molecule has 0 radical (unpaired) electrons. The highest BCUT2D eigenvalue weighted by Crippen LogP contribution is 2.34. The number of amides is 2. The van der Waals surface area contributed by atoms with Crippen molar-refractivity contribution in [2.75, 3.05) is 5.32 Å². The summed E-state index contributed by atoms with van der Waals surface area (Å²) >= 11 is 0. The third-order valence-electron chi connectivity index (χ3n) is 4.34. The van der Waals surface area contributed by atoms with Gasteiger partial charge in [0.1, 0.15) is 0 Å². The van der Waals surface area contributed by atoms with Crippen molar-refractivity contribution >= 4 is 23.5 Å². The Hall–Kier alpha value is -2.63. The highest BCUT2D eigenvalue weighted by atomic mass is 16.4. The van der Waals surface area contributed by atoms with Gasteiger partial charge in [-0.3, -0.25) is 9.59 Å². The number of allylic oxidation sites excluding steroid dienone is 2. The number of benzene rings is 1. The van der Waals surface area contributed by atoms with Crippen LogP contribution in [0.15, 0.2) is 35.4 Å². The summed E-state index contributed by atoms with van der Waals surface area (Å²) in [4.78, 5) is 34.8. The first-order chi connectivity index (χ1) is 10.8. The number of carbonyl (C=O) groups excluding carboxylic acids is 3. The molecule has 6 nitrogen and oxygen atoms in total. The van der Waals surface area contributed by atoms with Crippen molar-refractivity contribution in [2.24, 2.45) is 17.6 Å². The SMILES string of the molecule is CC1=C(C)C[C@@H](C(=O)Nc2ccc(C(N)=O)cc2)[C@H](C(=O)[O-])C1. The van der Waals surface area contributed by atoms with E-state index in [1.165, 1.54) is 12.1 Å². The molecule has 1 aromatic rings. The summed E-state index contributed by atoms with van der Waals surface area (Å²) in [5.74, 6) is -3.62. The molecule has 0 saturated carbocycles. The molecule has 6 heteroatoms. The summed E-state index contributed by atoms with van der Waals surface area (Å²) in [6.45, 7) is 3.78. The van der Waals surface area contributed by atoms with Crippen molar-refractivity contribution in [2.45, 2.75) is 26.7 Å². The second kappa shape index (κ2) is 6.64. The number of primary amides is 1. The van der Waals surface area contributed by atoms with Crippen LogP contribution in [0.25, 0.3) is 0 Å². The van der Waals surface area contributed by atoms with Gasteiger partial charge in [0.05, 0.1) is 5.92 Å². The number of aliphatic carboxylic acids is 1. The first-order valence-electron chi connectivity index (χ1n) is 7.36. The summed E-state index contributed by atoms with van der Waals surface area (Å²) in [5.41, 5.74) is 8.01. The highest BCUT2D eigenvalue weighted by molar-refractivity contribution is 5.97. The van der Waals surface area contributed by atoms with E-state index >= 15 is 0 Å². The van der Waals surface area contributed by atoms with Crippen molar-refractivity contribution in [1.29, 1.82) is 0 Å². The number of carbonyl (C=O) groups is 3. The molecule has 0 bridgehead atoms. The molecule has 0 spiro atoms. The van der Waals surface area contributed by atoms with E-state index in [4.69, 9.17) is 5.73 Å². The average Bonchev–Trinajstić information content (AvgIpc) is 2.49. The maximum Gasteiger partial charge on any atom is 0.248 e. The van der Waals surface area contributed by atoms with Crippen LogP contribution in [-0.4, -0.2) is 17.8 Å². The number of nitrogens with two attached hydrogens (primary N) is 1. The van der Waals surface area contributed by atoms with Crippen LogP contribution in [0.4, 0.5) is 5.69 Å². The molecule has 23 heavy (non-hydrogen) atoms. The zero-order valence-electron chi connectivity index (χ0n) is 13.1. The molecule has 2 atom stereocenters. The lowest BCUT2D eigenvalue weighted by Crippen LogP contribution is -2.42. The molecule has 0 heterocycles. The Kier molecular flexibility index (Phi) is 4.83. The molecule has 1 aliphatic rings. The van der Waals surface area contributed by atoms with Crippen LogP contribution in [0.5, 0.6) is 0 Å². The topological polar surface area (TPSA) is 112 Å². The molecular formula is C17H19N2O4-. The van der Waals surface area contributed by atoms with Gasteiger partial charge < -0.3 is 21.0 Å². The number of carboxylic acids is 1. The van der Waals surface area contributed by atoms with Crippen LogP contribution in [0, 0.1) is 11.8 Å². The van der Waals surface area contributed by atoms with Crippen LogP contribution >= 0.6 is 0 Å². The molecule has 122 valence electrons. The van der Waals surface area contributed by atoms with E-state index in [-0.39, 0.29) is 5.91 Å². The van der Waals surface area contributed by atoms with Gasteiger partial charge in [-0.2, -0.15) is 0 Å². The van der Waals surface area contributed by atoms with Crippen LogP contribution in [0.2, 0.25) is 0 Å². The van der Waals surface area contributed by atoms with E-state index in [9.17, 15) is 19.5 Å². The van der Waals surface area contributed by atoms with E-state index in [0.29, 0.717) is 24.1 Å². The molecule has 0 aromatic heterocycles. The van der Waals surface area contributed by atoms with Crippen LogP contribution < -0.4 is 16.2 Å². The molecule has 0 saturated heterocycles. The summed E-state index contributed by atoms with van der Waals surface area (Å²) in [7, 11) is 0. The van der Waals surface area contributed by atoms with Gasteiger partial charge in [0, 0.05) is 23.1 Å². The average molecular weight is 315 g/mol. The van der Waals surface area contributed by atoms with Crippen molar-refractivity contribution in [3.8, 4) is 0 Å². The molecular weight excluding hydrogens is 296 g/mol. The number of rotatable bonds is 4. The summed E-state index contributed by atoms with van der Waals surface area (Å²) in [6, 6.07) is 6.13. The Morgan fingerprint density at radius 3 is 2.04 bits per heavy atom. The fourth-order valence-electron chi connectivity index (χ4n) is 2.77. The number of anilines is 1. The van der Waals surface area contributed by atoms with Crippen molar-refractivity contribution in [3.05, 3.63) is 41.0 Å². The fraction of sp³-hybridized carbons (Fsp3) is 0.353. The van der Waals surface area contributed by atoms with Crippen molar-refractivity contribution in [3.63, 3.8) is 0 Å². The molecule has 0 aliphatic heterocycles. The predicted octanol–water partition coefficient (Wildman–Crippen LogP) is 0.837. The van der Waals surface area contributed by atoms with Crippen LogP contribution in [0.3, 0.4) is 0 Å². The molecule has 1 aliphatic carbocycles. The fourth-order valence-corrected chi connectivity index (χ4v) is 2.77. The normalized spacial score (nSPS) is 21.0. The Labute approximate surface area is 134 Å². The Morgan fingerprint density at radius 2 is 1.57 bits per heavy atom. The van der Waals surface area contributed by atoms with Crippen molar-refractivity contribution in [1.82, 2.24) is 0 Å². The van der Waals surface area contributed by atoms with Gasteiger partial charge in [0.15, 0.2) is 0 Å². The number of hydrogen-bond donors (Lipinski definition) is 2. The van der Waals surface area contributed by atoms with Gasteiger partial charge in [-0.1, -0.05) is 11.1 Å². The summed E-state index contributed by atoms with van der Waals surface area (Å²) < 4.78 is 0. The standard InChI is InChI=1S/C17H20N2O4/c1-9-7-13(14(17(22)23)8-10(9)2)16(21)19-12-5-3-11(4-6-12)15(18)20/h3-6,13-14H,7-8H2,1-2H3,(H2,18,20)(H,19,21)(H,22,23)/p-1/t13-,14-/m1/s1.